The first-order valence-corrected chi connectivity index (χ1v) is 7.08. The minimum absolute atomic E-state index is 0.773. The van der Waals surface area contributed by atoms with Crippen LogP contribution in [0, 0.1) is 0 Å². The second kappa shape index (κ2) is 6.57. The molecule has 4 nitrogen and oxygen atoms in total. The number of benzene rings is 1. The Kier molecular flexibility index (Phi) is 4.80. The molecule has 1 heterocycles. The summed E-state index contributed by atoms with van der Waals surface area (Å²) in [5.41, 5.74) is 8.78. The van der Waals surface area contributed by atoms with Crippen molar-refractivity contribution < 1.29 is 4.74 Å². The lowest BCUT2D eigenvalue weighted by Gasteiger charge is -2.08. The van der Waals surface area contributed by atoms with E-state index in [0.29, 0.717) is 0 Å². The second-order valence-corrected chi connectivity index (χ2v) is 4.73. The first-order valence-electron chi connectivity index (χ1n) is 7.08. The highest BCUT2D eigenvalue weighted by Gasteiger charge is 2.09. The average molecular weight is 261 g/mol. The minimum atomic E-state index is 0.773. The monoisotopic (exact) mass is 261 g/mol. The van der Waals surface area contributed by atoms with E-state index in [1.807, 2.05) is 19.1 Å². The van der Waals surface area contributed by atoms with Crippen LogP contribution in [0.25, 0.3) is 11.0 Å². The third-order valence-electron chi connectivity index (χ3n) is 3.20. The fraction of sp³-hybridized carbons (Fsp3) is 0.533. The zero-order chi connectivity index (χ0) is 13.7. The fourth-order valence-electron chi connectivity index (χ4n) is 2.33. The number of fused-ring (bicyclic) bond motifs is 1. The van der Waals surface area contributed by atoms with Crippen LogP contribution < -0.4 is 5.73 Å². The average Bonchev–Trinajstić information content (AvgIpc) is 2.72. The van der Waals surface area contributed by atoms with Crippen LogP contribution in [0.15, 0.2) is 18.2 Å². The van der Waals surface area contributed by atoms with E-state index in [9.17, 15) is 0 Å². The number of aromatic nitrogens is 2. The van der Waals surface area contributed by atoms with E-state index < -0.39 is 0 Å². The van der Waals surface area contributed by atoms with Gasteiger partial charge in [-0.05, 0) is 38.0 Å². The molecule has 0 saturated carbocycles. The Morgan fingerprint density at radius 2 is 2.16 bits per heavy atom. The highest BCUT2D eigenvalue weighted by atomic mass is 16.5. The van der Waals surface area contributed by atoms with Crippen molar-refractivity contribution in [1.82, 2.24) is 9.55 Å². The first kappa shape index (κ1) is 13.9. The first-order chi connectivity index (χ1) is 9.26. The highest BCUT2D eigenvalue weighted by molar-refractivity contribution is 5.79. The molecule has 1 aromatic carbocycles. The Morgan fingerprint density at radius 1 is 1.32 bits per heavy atom. The molecule has 2 aromatic rings. The van der Waals surface area contributed by atoms with Crippen LogP contribution in [0.4, 0.5) is 5.69 Å². The lowest BCUT2D eigenvalue weighted by Crippen LogP contribution is -2.06. The molecule has 4 heteroatoms. The van der Waals surface area contributed by atoms with Crippen LogP contribution in [0.3, 0.4) is 0 Å². The molecule has 0 atom stereocenters. The van der Waals surface area contributed by atoms with Gasteiger partial charge in [0.1, 0.15) is 5.82 Å². The lowest BCUT2D eigenvalue weighted by molar-refractivity contribution is 0.141. The predicted octanol–water partition coefficient (Wildman–Crippen LogP) is 3.00. The molecule has 0 bridgehead atoms. The Labute approximate surface area is 114 Å². The van der Waals surface area contributed by atoms with Gasteiger partial charge in [-0.15, -0.1) is 0 Å². The number of imidazole rings is 1. The topological polar surface area (TPSA) is 53.1 Å². The number of anilines is 1. The Morgan fingerprint density at radius 3 is 2.89 bits per heavy atom. The summed E-state index contributed by atoms with van der Waals surface area (Å²) in [5.74, 6) is 1.15. The van der Waals surface area contributed by atoms with Crippen molar-refractivity contribution in [2.75, 3.05) is 18.9 Å². The third-order valence-corrected chi connectivity index (χ3v) is 3.20. The number of nitrogens with two attached hydrogens (primary N) is 1. The van der Waals surface area contributed by atoms with Gasteiger partial charge >= 0.3 is 0 Å². The molecule has 0 unspecified atom stereocenters. The van der Waals surface area contributed by atoms with Gasteiger partial charge in [0.25, 0.3) is 0 Å². The number of ether oxygens (including phenoxy) is 1. The van der Waals surface area contributed by atoms with E-state index in [2.05, 4.69) is 17.6 Å². The summed E-state index contributed by atoms with van der Waals surface area (Å²) in [5, 5.41) is 0. The molecular formula is C15H23N3O. The second-order valence-electron chi connectivity index (χ2n) is 4.73. The molecule has 0 fully saturated rings. The van der Waals surface area contributed by atoms with Crippen LogP contribution in [-0.4, -0.2) is 22.8 Å². The van der Waals surface area contributed by atoms with E-state index in [-0.39, 0.29) is 0 Å². The van der Waals surface area contributed by atoms with Crippen molar-refractivity contribution in [2.45, 2.75) is 39.7 Å². The smallest absolute Gasteiger partial charge is 0.109 e. The normalized spacial score (nSPS) is 11.3. The van der Waals surface area contributed by atoms with Gasteiger partial charge in [0.05, 0.1) is 11.0 Å². The predicted molar refractivity (Wildman–Crippen MR) is 79.3 cm³/mol. The highest BCUT2D eigenvalue weighted by Crippen LogP contribution is 2.20. The maximum Gasteiger partial charge on any atom is 0.109 e. The largest absolute Gasteiger partial charge is 0.399 e. The van der Waals surface area contributed by atoms with Crippen LogP contribution in [0.1, 0.15) is 32.5 Å². The summed E-state index contributed by atoms with van der Waals surface area (Å²) in [6.07, 6.45) is 3.12. The molecule has 0 saturated heterocycles. The molecule has 0 spiro atoms. The van der Waals surface area contributed by atoms with Gasteiger partial charge in [-0.1, -0.05) is 6.92 Å². The molecule has 104 valence electrons. The number of hydrogen-bond donors (Lipinski definition) is 1. The summed E-state index contributed by atoms with van der Waals surface area (Å²) in [6.45, 7) is 6.74. The molecule has 0 aliphatic carbocycles. The summed E-state index contributed by atoms with van der Waals surface area (Å²) in [7, 11) is 0. The van der Waals surface area contributed by atoms with E-state index in [0.717, 1.165) is 56.0 Å². The number of nitrogens with zero attached hydrogens (tertiary/aromatic N) is 2. The Balaban J connectivity index is 2.24. The minimum Gasteiger partial charge on any atom is -0.399 e. The van der Waals surface area contributed by atoms with Crippen LogP contribution in [-0.2, 0) is 17.7 Å². The molecule has 2 rings (SSSR count). The summed E-state index contributed by atoms with van der Waals surface area (Å²) in [4.78, 5) is 4.70. The fourth-order valence-corrected chi connectivity index (χ4v) is 2.33. The quantitative estimate of drug-likeness (QED) is 0.615. The maximum atomic E-state index is 5.83. The molecule has 19 heavy (non-hydrogen) atoms. The van der Waals surface area contributed by atoms with Crippen molar-refractivity contribution >= 4 is 16.7 Å². The van der Waals surface area contributed by atoms with Crippen molar-refractivity contribution in [2.24, 2.45) is 0 Å². The van der Waals surface area contributed by atoms with Crippen LogP contribution in [0.2, 0.25) is 0 Å². The number of rotatable bonds is 7. The van der Waals surface area contributed by atoms with Crippen molar-refractivity contribution in [1.29, 1.82) is 0 Å². The number of nitrogen functional groups attached to an aromatic ring is 1. The van der Waals surface area contributed by atoms with E-state index in [1.54, 1.807) is 0 Å². The molecular weight excluding hydrogens is 238 g/mol. The maximum absolute atomic E-state index is 5.83. The summed E-state index contributed by atoms with van der Waals surface area (Å²) >= 11 is 0. The Bertz CT molecular complexity index is 533. The molecule has 0 aliphatic heterocycles. The van der Waals surface area contributed by atoms with E-state index >= 15 is 0 Å². The number of hydrogen-bond acceptors (Lipinski definition) is 3. The van der Waals surface area contributed by atoms with Crippen LogP contribution >= 0.6 is 0 Å². The van der Waals surface area contributed by atoms with Gasteiger partial charge < -0.3 is 15.0 Å². The lowest BCUT2D eigenvalue weighted by atomic mass is 10.2. The van der Waals surface area contributed by atoms with Gasteiger partial charge in [0.15, 0.2) is 0 Å². The van der Waals surface area contributed by atoms with Crippen molar-refractivity contribution in [3.05, 3.63) is 24.0 Å². The zero-order valence-corrected chi connectivity index (χ0v) is 11.9. The molecule has 0 radical (unpaired) electrons. The Hall–Kier alpha value is -1.55. The van der Waals surface area contributed by atoms with Crippen LogP contribution in [0.5, 0.6) is 0 Å². The summed E-state index contributed by atoms with van der Waals surface area (Å²) in [6, 6.07) is 5.96. The third kappa shape index (κ3) is 3.26. The van der Waals surface area contributed by atoms with Gasteiger partial charge in [-0.25, -0.2) is 4.98 Å². The van der Waals surface area contributed by atoms with Crippen molar-refractivity contribution in [3.8, 4) is 0 Å². The number of aryl methyl sites for hydroxylation is 2. The molecule has 0 amide bonds. The molecule has 2 N–H and O–H groups in total. The van der Waals surface area contributed by atoms with Gasteiger partial charge in [-0.2, -0.15) is 0 Å². The van der Waals surface area contributed by atoms with Gasteiger partial charge in [-0.3, -0.25) is 0 Å². The standard InChI is InChI=1S/C15H23N3O/c1-3-6-15-17-13-11-12(16)7-8-14(13)18(15)9-5-10-19-4-2/h7-8,11H,3-6,9-10,16H2,1-2H3. The summed E-state index contributed by atoms with van der Waals surface area (Å²) < 4.78 is 7.71. The van der Waals surface area contributed by atoms with E-state index in [1.165, 1.54) is 5.52 Å². The van der Waals surface area contributed by atoms with Gasteiger partial charge in [0.2, 0.25) is 0 Å². The van der Waals surface area contributed by atoms with Crippen molar-refractivity contribution in [3.63, 3.8) is 0 Å². The molecule has 0 aliphatic rings. The van der Waals surface area contributed by atoms with Gasteiger partial charge in [0, 0.05) is 31.9 Å². The molecule has 1 aromatic heterocycles. The zero-order valence-electron chi connectivity index (χ0n) is 11.9. The van der Waals surface area contributed by atoms with E-state index in [4.69, 9.17) is 15.5 Å². The SMILES string of the molecule is CCCc1nc2cc(N)ccc2n1CCCOCC.